The first-order valence-electron chi connectivity index (χ1n) is 6.39. The maximum Gasteiger partial charge on any atom is 0.0438 e. The molecule has 94 valence electrons. The van der Waals surface area contributed by atoms with Crippen molar-refractivity contribution in [3.05, 3.63) is 34.9 Å². The maximum atomic E-state index is 6.24. The smallest absolute Gasteiger partial charge is 0.0438 e. The van der Waals surface area contributed by atoms with Crippen LogP contribution in [0.3, 0.4) is 0 Å². The molecule has 1 fully saturated rings. The number of thioether (sulfide) groups is 1. The molecule has 1 nitrogen and oxygen atoms in total. The summed E-state index contributed by atoms with van der Waals surface area (Å²) in [5, 5.41) is 5.28. The largest absolute Gasteiger partial charge is 0.313 e. The number of rotatable bonds is 5. The third kappa shape index (κ3) is 3.64. The van der Waals surface area contributed by atoms with Gasteiger partial charge in [-0.1, -0.05) is 36.7 Å². The van der Waals surface area contributed by atoms with Crippen LogP contribution in [-0.4, -0.2) is 23.6 Å². The Morgan fingerprint density at radius 1 is 1.47 bits per heavy atom. The van der Waals surface area contributed by atoms with Gasteiger partial charge in [-0.2, -0.15) is 11.8 Å². The fraction of sp³-hybridized carbons (Fsp3) is 0.571. The number of halogens is 1. The second kappa shape index (κ2) is 6.67. The van der Waals surface area contributed by atoms with Gasteiger partial charge in [0, 0.05) is 16.3 Å². The first-order valence-corrected chi connectivity index (χ1v) is 7.82. The van der Waals surface area contributed by atoms with Crippen molar-refractivity contribution in [1.29, 1.82) is 0 Å². The van der Waals surface area contributed by atoms with Gasteiger partial charge in [0.05, 0.1) is 0 Å². The highest BCUT2D eigenvalue weighted by Gasteiger charge is 2.25. The zero-order chi connectivity index (χ0) is 12.1. The van der Waals surface area contributed by atoms with Crippen molar-refractivity contribution >= 4 is 23.4 Å². The Kier molecular flexibility index (Phi) is 5.20. The Bertz CT molecular complexity index is 350. The second-order valence-corrected chi connectivity index (χ2v) is 6.27. The van der Waals surface area contributed by atoms with E-state index < -0.39 is 0 Å². The Morgan fingerprint density at radius 2 is 2.29 bits per heavy atom. The summed E-state index contributed by atoms with van der Waals surface area (Å²) >= 11 is 8.35. The Balaban J connectivity index is 2.04. The van der Waals surface area contributed by atoms with Gasteiger partial charge in [0.15, 0.2) is 0 Å². The molecule has 1 N–H and O–H groups in total. The molecule has 0 aliphatic carbocycles. The molecule has 0 spiro atoms. The van der Waals surface area contributed by atoms with Crippen LogP contribution in [-0.2, 0) is 6.42 Å². The van der Waals surface area contributed by atoms with Crippen molar-refractivity contribution in [2.24, 2.45) is 0 Å². The van der Waals surface area contributed by atoms with Crippen LogP contribution >= 0.6 is 23.4 Å². The fourth-order valence-corrected chi connectivity index (χ4v) is 4.03. The second-order valence-electron chi connectivity index (χ2n) is 4.51. The first kappa shape index (κ1) is 13.3. The van der Waals surface area contributed by atoms with Gasteiger partial charge in [-0.3, -0.25) is 0 Å². The van der Waals surface area contributed by atoms with Gasteiger partial charge in [0.2, 0.25) is 0 Å². The van der Waals surface area contributed by atoms with E-state index in [0.717, 1.165) is 23.2 Å². The third-order valence-corrected chi connectivity index (χ3v) is 5.16. The van der Waals surface area contributed by atoms with Crippen molar-refractivity contribution in [1.82, 2.24) is 5.32 Å². The van der Waals surface area contributed by atoms with Gasteiger partial charge < -0.3 is 5.32 Å². The molecule has 0 aromatic heterocycles. The lowest BCUT2D eigenvalue weighted by atomic mass is 10.0. The number of likely N-dealkylation sites (N-methyl/N-ethyl adjacent to an activating group) is 1. The van der Waals surface area contributed by atoms with Crippen LogP contribution in [0.2, 0.25) is 5.02 Å². The van der Waals surface area contributed by atoms with E-state index in [-0.39, 0.29) is 0 Å². The Hall–Kier alpha value is -0.180. The van der Waals surface area contributed by atoms with Crippen LogP contribution in [0.4, 0.5) is 0 Å². The molecule has 1 aliphatic heterocycles. The number of benzene rings is 1. The van der Waals surface area contributed by atoms with Crippen LogP contribution in [0.1, 0.15) is 25.3 Å². The summed E-state index contributed by atoms with van der Waals surface area (Å²) in [6, 6.07) is 8.77. The normalized spacial score (nSPS) is 21.6. The predicted octanol–water partition coefficient (Wildman–Crippen LogP) is 3.76. The zero-order valence-electron chi connectivity index (χ0n) is 10.3. The van der Waals surface area contributed by atoms with Crippen molar-refractivity contribution in [2.75, 3.05) is 12.3 Å². The van der Waals surface area contributed by atoms with Crippen LogP contribution in [0, 0.1) is 0 Å². The molecule has 1 saturated heterocycles. The number of hydrogen-bond acceptors (Lipinski definition) is 2. The van der Waals surface area contributed by atoms with E-state index >= 15 is 0 Å². The summed E-state index contributed by atoms with van der Waals surface area (Å²) in [5.74, 6) is 1.31. The molecule has 2 unspecified atom stereocenters. The lowest BCUT2D eigenvalue weighted by molar-refractivity contribution is 0.495. The summed E-state index contributed by atoms with van der Waals surface area (Å²) in [5.41, 5.74) is 1.27. The number of nitrogens with one attached hydrogen (secondary N) is 1. The third-order valence-electron chi connectivity index (χ3n) is 3.28. The van der Waals surface area contributed by atoms with E-state index in [2.05, 4.69) is 36.1 Å². The summed E-state index contributed by atoms with van der Waals surface area (Å²) in [6.45, 7) is 3.21. The average molecular weight is 270 g/mol. The highest BCUT2D eigenvalue weighted by atomic mass is 35.5. The lowest BCUT2D eigenvalue weighted by Crippen LogP contribution is -2.38. The minimum Gasteiger partial charge on any atom is -0.313 e. The van der Waals surface area contributed by atoms with Gasteiger partial charge in [-0.15, -0.1) is 0 Å². The monoisotopic (exact) mass is 269 g/mol. The van der Waals surface area contributed by atoms with Gasteiger partial charge >= 0.3 is 0 Å². The minimum atomic E-state index is 0.562. The quantitative estimate of drug-likeness (QED) is 0.874. The van der Waals surface area contributed by atoms with Crippen LogP contribution < -0.4 is 5.32 Å². The van der Waals surface area contributed by atoms with E-state index in [1.54, 1.807) is 0 Å². The molecule has 1 aromatic rings. The van der Waals surface area contributed by atoms with E-state index in [1.165, 1.54) is 24.2 Å². The molecule has 0 amide bonds. The Morgan fingerprint density at radius 3 is 2.94 bits per heavy atom. The highest BCUT2D eigenvalue weighted by Crippen LogP contribution is 2.31. The van der Waals surface area contributed by atoms with Crippen LogP contribution in [0.5, 0.6) is 0 Å². The molecule has 2 rings (SSSR count). The molecule has 1 aliphatic rings. The van der Waals surface area contributed by atoms with Crippen LogP contribution in [0.15, 0.2) is 24.3 Å². The van der Waals surface area contributed by atoms with Crippen molar-refractivity contribution in [3.8, 4) is 0 Å². The van der Waals surface area contributed by atoms with E-state index in [9.17, 15) is 0 Å². The summed E-state index contributed by atoms with van der Waals surface area (Å²) in [6.07, 6.45) is 3.75. The molecule has 3 heteroatoms. The van der Waals surface area contributed by atoms with Crippen LogP contribution in [0.25, 0.3) is 0 Å². The standard InChI is InChI=1S/C14H20ClNS/c1-2-16-13(14-8-5-9-17-14)10-11-6-3-4-7-12(11)15/h3-4,6-7,13-14,16H,2,5,8-10H2,1H3. The molecule has 0 radical (unpaired) electrons. The minimum absolute atomic E-state index is 0.562. The van der Waals surface area contributed by atoms with Gasteiger partial charge in [0.1, 0.15) is 0 Å². The average Bonchev–Trinajstić information content (AvgIpc) is 2.85. The first-order chi connectivity index (χ1) is 8.31. The molecule has 0 bridgehead atoms. The summed E-state index contributed by atoms with van der Waals surface area (Å²) in [4.78, 5) is 0. The predicted molar refractivity (Wildman–Crippen MR) is 78.1 cm³/mol. The van der Waals surface area contributed by atoms with Gasteiger partial charge in [-0.05, 0) is 43.2 Å². The van der Waals surface area contributed by atoms with Crippen molar-refractivity contribution < 1.29 is 0 Å². The van der Waals surface area contributed by atoms with E-state index in [0.29, 0.717) is 6.04 Å². The molecule has 17 heavy (non-hydrogen) atoms. The maximum absolute atomic E-state index is 6.24. The summed E-state index contributed by atoms with van der Waals surface area (Å²) in [7, 11) is 0. The van der Waals surface area contributed by atoms with Gasteiger partial charge in [-0.25, -0.2) is 0 Å². The molecular weight excluding hydrogens is 250 g/mol. The molecule has 2 atom stereocenters. The molecular formula is C14H20ClNS. The zero-order valence-corrected chi connectivity index (χ0v) is 11.9. The molecule has 1 aromatic carbocycles. The topological polar surface area (TPSA) is 12.0 Å². The Labute approximate surface area is 113 Å². The summed E-state index contributed by atoms with van der Waals surface area (Å²) < 4.78 is 0. The number of hydrogen-bond donors (Lipinski definition) is 1. The lowest BCUT2D eigenvalue weighted by Gasteiger charge is -2.24. The van der Waals surface area contributed by atoms with E-state index in [1.807, 2.05) is 12.1 Å². The van der Waals surface area contributed by atoms with Gasteiger partial charge in [0.25, 0.3) is 0 Å². The molecule has 0 saturated carbocycles. The van der Waals surface area contributed by atoms with Crippen molar-refractivity contribution in [2.45, 2.75) is 37.5 Å². The fourth-order valence-electron chi connectivity index (χ4n) is 2.42. The van der Waals surface area contributed by atoms with E-state index in [4.69, 9.17) is 11.6 Å². The molecule has 1 heterocycles. The SMILES string of the molecule is CCNC(Cc1ccccc1Cl)C1CCCS1. The highest BCUT2D eigenvalue weighted by molar-refractivity contribution is 8.00. The van der Waals surface area contributed by atoms with Crippen molar-refractivity contribution in [3.63, 3.8) is 0 Å².